The van der Waals surface area contributed by atoms with Gasteiger partial charge in [-0.05, 0) is 12.1 Å². The monoisotopic (exact) mass is 265 g/mol. The minimum atomic E-state index is -1.21. The summed E-state index contributed by atoms with van der Waals surface area (Å²) in [6.07, 6.45) is 1.56. The van der Waals surface area contributed by atoms with Gasteiger partial charge in [-0.2, -0.15) is 0 Å². The maximum absolute atomic E-state index is 10.9. The van der Waals surface area contributed by atoms with E-state index in [-0.39, 0.29) is 16.9 Å². The van der Waals surface area contributed by atoms with Crippen molar-refractivity contribution in [2.75, 3.05) is 5.32 Å². The fourth-order valence-electron chi connectivity index (χ4n) is 1.32. The number of carboxylic acid groups (broad SMARTS) is 1. The second kappa shape index (κ2) is 4.80. The molecule has 92 valence electrons. The molecule has 0 amide bonds. The predicted octanol–water partition coefficient (Wildman–Crippen LogP) is 2.49. The van der Waals surface area contributed by atoms with E-state index in [1.54, 1.807) is 11.6 Å². The second-order valence-corrected chi connectivity index (χ2v) is 4.15. The number of hydrogen-bond donors (Lipinski definition) is 2. The molecular formula is C10H7N3O4S. The lowest BCUT2D eigenvalue weighted by Gasteiger charge is -2.04. The summed E-state index contributed by atoms with van der Waals surface area (Å²) in [6, 6.07) is 3.66. The van der Waals surface area contributed by atoms with E-state index in [9.17, 15) is 14.9 Å². The molecule has 0 unspecified atom stereocenters. The molecule has 18 heavy (non-hydrogen) atoms. The zero-order chi connectivity index (χ0) is 13.1. The van der Waals surface area contributed by atoms with Crippen molar-refractivity contribution in [1.82, 2.24) is 4.98 Å². The number of rotatable bonds is 4. The first-order valence-corrected chi connectivity index (χ1v) is 5.64. The number of carboxylic acids is 1. The van der Waals surface area contributed by atoms with Crippen molar-refractivity contribution >= 4 is 33.8 Å². The largest absolute Gasteiger partial charge is 0.478 e. The maximum atomic E-state index is 10.9. The molecule has 2 aromatic rings. The van der Waals surface area contributed by atoms with Crippen LogP contribution in [0.3, 0.4) is 0 Å². The van der Waals surface area contributed by atoms with E-state index >= 15 is 0 Å². The molecule has 7 nitrogen and oxygen atoms in total. The molecule has 2 N–H and O–H groups in total. The lowest BCUT2D eigenvalue weighted by atomic mass is 10.2. The number of nitro groups is 1. The summed E-state index contributed by atoms with van der Waals surface area (Å²) in [7, 11) is 0. The van der Waals surface area contributed by atoms with Crippen molar-refractivity contribution in [1.29, 1.82) is 0 Å². The highest BCUT2D eigenvalue weighted by atomic mass is 32.1. The number of nitro benzene ring substituents is 1. The van der Waals surface area contributed by atoms with Crippen molar-refractivity contribution in [3.05, 3.63) is 45.5 Å². The Morgan fingerprint density at radius 2 is 2.28 bits per heavy atom. The topological polar surface area (TPSA) is 105 Å². The smallest absolute Gasteiger partial charge is 0.335 e. The van der Waals surface area contributed by atoms with Crippen LogP contribution in [0.2, 0.25) is 0 Å². The van der Waals surface area contributed by atoms with Gasteiger partial charge in [0.2, 0.25) is 0 Å². The van der Waals surface area contributed by atoms with Crippen LogP contribution < -0.4 is 5.32 Å². The molecule has 1 heterocycles. The number of aromatic nitrogens is 1. The van der Waals surface area contributed by atoms with E-state index in [0.29, 0.717) is 5.13 Å². The number of hydrogen-bond acceptors (Lipinski definition) is 6. The van der Waals surface area contributed by atoms with Crippen LogP contribution in [0.4, 0.5) is 16.5 Å². The third-order valence-corrected chi connectivity index (χ3v) is 2.80. The zero-order valence-corrected chi connectivity index (χ0v) is 9.68. The van der Waals surface area contributed by atoms with Crippen LogP contribution in [0.25, 0.3) is 0 Å². The molecule has 0 aliphatic heterocycles. The molecule has 0 spiro atoms. The Labute approximate surface area is 105 Å². The highest BCUT2D eigenvalue weighted by molar-refractivity contribution is 7.13. The van der Waals surface area contributed by atoms with E-state index in [1.165, 1.54) is 23.5 Å². The lowest BCUT2D eigenvalue weighted by Crippen LogP contribution is -2.01. The Morgan fingerprint density at radius 1 is 1.50 bits per heavy atom. The van der Waals surface area contributed by atoms with Crippen LogP contribution >= 0.6 is 11.3 Å². The standard InChI is InChI=1S/C10H7N3O4S/c14-9(15)6-1-2-7(8(5-6)13(16)17)12-10-11-3-4-18-10/h1-5H,(H,11,12)(H,14,15). The van der Waals surface area contributed by atoms with Crippen molar-refractivity contribution < 1.29 is 14.8 Å². The first kappa shape index (κ1) is 12.0. The third kappa shape index (κ3) is 2.43. The molecule has 0 saturated carbocycles. The van der Waals surface area contributed by atoms with Gasteiger partial charge in [-0.3, -0.25) is 10.1 Å². The van der Waals surface area contributed by atoms with Crippen LogP contribution in [0.1, 0.15) is 10.4 Å². The quantitative estimate of drug-likeness (QED) is 0.649. The van der Waals surface area contributed by atoms with Crippen LogP contribution in [-0.4, -0.2) is 21.0 Å². The van der Waals surface area contributed by atoms with E-state index in [1.807, 2.05) is 0 Å². The Bertz CT molecular complexity index is 597. The minimum Gasteiger partial charge on any atom is -0.478 e. The summed E-state index contributed by atoms with van der Waals surface area (Å²) in [5, 5.41) is 24.7. The van der Waals surface area contributed by atoms with Crippen LogP contribution in [0, 0.1) is 10.1 Å². The van der Waals surface area contributed by atoms with Crippen LogP contribution in [-0.2, 0) is 0 Å². The number of aromatic carboxylic acids is 1. The van der Waals surface area contributed by atoms with Gasteiger partial charge < -0.3 is 10.4 Å². The third-order valence-electron chi connectivity index (χ3n) is 2.12. The summed E-state index contributed by atoms with van der Waals surface area (Å²) in [5.74, 6) is -1.21. The van der Waals surface area contributed by atoms with Crippen molar-refractivity contribution in [2.45, 2.75) is 0 Å². The Hall–Kier alpha value is -2.48. The normalized spacial score (nSPS) is 10.0. The molecule has 0 bridgehead atoms. The number of nitrogens with zero attached hydrogens (tertiary/aromatic N) is 2. The maximum Gasteiger partial charge on any atom is 0.335 e. The molecule has 0 radical (unpaired) electrons. The summed E-state index contributed by atoms with van der Waals surface area (Å²) < 4.78 is 0. The fourth-order valence-corrected chi connectivity index (χ4v) is 1.86. The fraction of sp³-hybridized carbons (Fsp3) is 0. The molecular weight excluding hydrogens is 258 g/mol. The van der Waals surface area contributed by atoms with Gasteiger partial charge in [0.1, 0.15) is 5.69 Å². The highest BCUT2D eigenvalue weighted by Crippen LogP contribution is 2.29. The Morgan fingerprint density at radius 3 is 2.83 bits per heavy atom. The van der Waals surface area contributed by atoms with Gasteiger partial charge in [0.05, 0.1) is 10.5 Å². The first-order chi connectivity index (χ1) is 8.58. The van der Waals surface area contributed by atoms with Gasteiger partial charge in [0.15, 0.2) is 5.13 Å². The van der Waals surface area contributed by atoms with Crippen LogP contribution in [0.5, 0.6) is 0 Å². The predicted molar refractivity (Wildman–Crippen MR) is 65.5 cm³/mol. The molecule has 0 atom stereocenters. The number of thiazole rings is 1. The van der Waals surface area contributed by atoms with E-state index in [0.717, 1.165) is 6.07 Å². The average molecular weight is 265 g/mol. The molecule has 8 heteroatoms. The highest BCUT2D eigenvalue weighted by Gasteiger charge is 2.17. The van der Waals surface area contributed by atoms with Gasteiger partial charge in [-0.25, -0.2) is 9.78 Å². The van der Waals surface area contributed by atoms with Gasteiger partial charge >= 0.3 is 5.97 Å². The average Bonchev–Trinajstić information content (AvgIpc) is 2.81. The van der Waals surface area contributed by atoms with E-state index < -0.39 is 10.9 Å². The van der Waals surface area contributed by atoms with E-state index in [2.05, 4.69) is 10.3 Å². The summed E-state index contributed by atoms with van der Waals surface area (Å²) >= 11 is 1.29. The number of anilines is 2. The minimum absolute atomic E-state index is 0.133. The number of benzene rings is 1. The van der Waals surface area contributed by atoms with Crippen molar-refractivity contribution in [3.63, 3.8) is 0 Å². The van der Waals surface area contributed by atoms with Gasteiger partial charge in [-0.15, -0.1) is 11.3 Å². The Balaban J connectivity index is 2.40. The van der Waals surface area contributed by atoms with Crippen molar-refractivity contribution in [3.8, 4) is 0 Å². The second-order valence-electron chi connectivity index (χ2n) is 3.26. The summed E-state index contributed by atoms with van der Waals surface area (Å²) in [6.45, 7) is 0. The summed E-state index contributed by atoms with van der Waals surface area (Å²) in [5.41, 5.74) is -0.226. The molecule has 0 saturated heterocycles. The van der Waals surface area contributed by atoms with Crippen molar-refractivity contribution in [2.24, 2.45) is 0 Å². The number of carbonyl (C=O) groups is 1. The lowest BCUT2D eigenvalue weighted by molar-refractivity contribution is -0.383. The Kier molecular flexibility index (Phi) is 3.20. The molecule has 0 aliphatic carbocycles. The van der Waals surface area contributed by atoms with Crippen LogP contribution in [0.15, 0.2) is 29.8 Å². The van der Waals surface area contributed by atoms with E-state index in [4.69, 9.17) is 5.11 Å². The number of nitrogens with one attached hydrogen (secondary N) is 1. The first-order valence-electron chi connectivity index (χ1n) is 4.76. The van der Waals surface area contributed by atoms with Gasteiger partial charge in [0.25, 0.3) is 5.69 Å². The molecule has 0 aliphatic rings. The van der Waals surface area contributed by atoms with Gasteiger partial charge in [-0.1, -0.05) is 0 Å². The summed E-state index contributed by atoms with van der Waals surface area (Å²) in [4.78, 5) is 24.9. The molecule has 1 aromatic carbocycles. The van der Waals surface area contributed by atoms with Gasteiger partial charge in [0, 0.05) is 17.6 Å². The molecule has 0 fully saturated rings. The molecule has 1 aromatic heterocycles. The zero-order valence-electron chi connectivity index (χ0n) is 8.86. The SMILES string of the molecule is O=C(O)c1ccc(Nc2nccs2)c([N+](=O)[O-])c1. The molecule has 2 rings (SSSR count).